The lowest BCUT2D eigenvalue weighted by Crippen LogP contribution is -1.85. The van der Waals surface area contributed by atoms with Gasteiger partial charge in [0.1, 0.15) is 4.64 Å². The highest BCUT2D eigenvalue weighted by Crippen LogP contribution is 2.24. The van der Waals surface area contributed by atoms with Gasteiger partial charge in [-0.3, -0.25) is 10.1 Å². The lowest BCUT2D eigenvalue weighted by molar-refractivity contribution is -0.384. The summed E-state index contributed by atoms with van der Waals surface area (Å²) in [6.45, 7) is 0. The SMILES string of the molecule is O=[N+]([O-])c1ccc2s[nH]c(=S)c2c1. The Balaban J connectivity index is 2.80. The molecule has 0 aliphatic carbocycles. The summed E-state index contributed by atoms with van der Waals surface area (Å²) >= 11 is 6.35. The van der Waals surface area contributed by atoms with Crippen LogP contribution in [0.25, 0.3) is 10.1 Å². The molecule has 1 aromatic heterocycles. The maximum atomic E-state index is 10.4. The number of hydrogen-bond acceptors (Lipinski definition) is 4. The standard InChI is InChI=1S/C7H4N2O2S2/c10-9(11)4-1-2-6-5(3-4)7(12)8-13-6/h1-3H,(H,8,12). The minimum absolute atomic E-state index is 0.0744. The highest BCUT2D eigenvalue weighted by Gasteiger charge is 2.07. The van der Waals surface area contributed by atoms with Crippen LogP contribution in [0.15, 0.2) is 18.2 Å². The van der Waals surface area contributed by atoms with Gasteiger partial charge in [0, 0.05) is 17.5 Å². The Labute approximate surface area is 82.1 Å². The molecule has 1 heterocycles. The Bertz CT molecular complexity index is 529. The summed E-state index contributed by atoms with van der Waals surface area (Å²) in [6, 6.07) is 4.66. The molecule has 2 rings (SSSR count). The molecule has 2 aromatic rings. The average Bonchev–Trinajstić information content (AvgIpc) is 2.47. The summed E-state index contributed by atoms with van der Waals surface area (Å²) in [5, 5.41) is 11.2. The van der Waals surface area contributed by atoms with Crippen molar-refractivity contribution in [1.82, 2.24) is 4.37 Å². The second kappa shape index (κ2) is 2.90. The highest BCUT2D eigenvalue weighted by atomic mass is 32.1. The number of nitrogens with one attached hydrogen (secondary N) is 1. The monoisotopic (exact) mass is 212 g/mol. The number of rotatable bonds is 1. The van der Waals surface area contributed by atoms with Gasteiger partial charge in [-0.2, -0.15) is 0 Å². The van der Waals surface area contributed by atoms with Gasteiger partial charge < -0.3 is 4.37 Å². The number of non-ortho nitro benzene ring substituents is 1. The van der Waals surface area contributed by atoms with Crippen LogP contribution in [0, 0.1) is 14.8 Å². The van der Waals surface area contributed by atoms with Crippen molar-refractivity contribution in [3.8, 4) is 0 Å². The summed E-state index contributed by atoms with van der Waals surface area (Å²) in [5.74, 6) is 0. The zero-order valence-electron chi connectivity index (χ0n) is 6.31. The van der Waals surface area contributed by atoms with Crippen LogP contribution < -0.4 is 0 Å². The highest BCUT2D eigenvalue weighted by molar-refractivity contribution is 7.71. The molecule has 0 aliphatic rings. The molecule has 1 N–H and O–H groups in total. The number of hydrogen-bond donors (Lipinski definition) is 1. The Hall–Kier alpha value is -1.27. The molecule has 0 amide bonds. The molecule has 0 bridgehead atoms. The Morgan fingerprint density at radius 2 is 2.31 bits per heavy atom. The van der Waals surface area contributed by atoms with Gasteiger partial charge in [0.25, 0.3) is 5.69 Å². The third-order valence-corrected chi connectivity index (χ3v) is 3.01. The van der Waals surface area contributed by atoms with E-state index in [1.54, 1.807) is 6.07 Å². The van der Waals surface area contributed by atoms with Crippen LogP contribution in [0.5, 0.6) is 0 Å². The number of nitro benzene ring substituents is 1. The van der Waals surface area contributed by atoms with Crippen LogP contribution in [0.3, 0.4) is 0 Å². The molecule has 13 heavy (non-hydrogen) atoms. The van der Waals surface area contributed by atoms with Crippen molar-refractivity contribution in [2.75, 3.05) is 0 Å². The van der Waals surface area contributed by atoms with Crippen LogP contribution in [-0.2, 0) is 0 Å². The van der Waals surface area contributed by atoms with Gasteiger partial charge in [0.05, 0.1) is 9.62 Å². The predicted molar refractivity (Wildman–Crippen MR) is 53.7 cm³/mol. The first-order valence-electron chi connectivity index (χ1n) is 3.44. The normalized spacial score (nSPS) is 10.5. The third-order valence-electron chi connectivity index (χ3n) is 1.67. The first-order valence-corrected chi connectivity index (χ1v) is 4.66. The number of nitrogens with zero attached hydrogens (tertiary/aromatic N) is 1. The van der Waals surface area contributed by atoms with Gasteiger partial charge in [0.2, 0.25) is 0 Å². The van der Waals surface area contributed by atoms with Crippen LogP contribution >= 0.6 is 23.8 Å². The van der Waals surface area contributed by atoms with Crippen LogP contribution in [0.4, 0.5) is 5.69 Å². The summed E-state index contributed by atoms with van der Waals surface area (Å²) in [4.78, 5) is 10.0. The van der Waals surface area contributed by atoms with E-state index in [2.05, 4.69) is 4.37 Å². The molecule has 0 saturated carbocycles. The first-order chi connectivity index (χ1) is 6.18. The van der Waals surface area contributed by atoms with Crippen molar-refractivity contribution in [3.05, 3.63) is 33.0 Å². The molecule has 66 valence electrons. The summed E-state index contributed by atoms with van der Waals surface area (Å²) in [6.07, 6.45) is 0. The van der Waals surface area contributed by atoms with Gasteiger partial charge in [-0.15, -0.1) is 0 Å². The van der Waals surface area contributed by atoms with Crippen molar-refractivity contribution >= 4 is 39.5 Å². The molecule has 4 nitrogen and oxygen atoms in total. The fraction of sp³-hybridized carbons (Fsp3) is 0. The number of aromatic nitrogens is 1. The van der Waals surface area contributed by atoms with Crippen molar-refractivity contribution in [2.24, 2.45) is 0 Å². The molecule has 0 spiro atoms. The van der Waals surface area contributed by atoms with Crippen LogP contribution in [-0.4, -0.2) is 9.30 Å². The second-order valence-corrected chi connectivity index (χ2v) is 3.73. The predicted octanol–water partition coefficient (Wildman–Crippen LogP) is 2.87. The first kappa shape index (κ1) is 8.33. The summed E-state index contributed by atoms with van der Waals surface area (Å²) in [5.41, 5.74) is 0.0744. The number of benzene rings is 1. The van der Waals surface area contributed by atoms with E-state index in [0.717, 1.165) is 10.1 Å². The number of aromatic amines is 1. The van der Waals surface area contributed by atoms with E-state index in [4.69, 9.17) is 12.2 Å². The molecular formula is C7H4N2O2S2. The molecule has 1 aromatic carbocycles. The lowest BCUT2D eigenvalue weighted by atomic mass is 10.2. The zero-order valence-corrected chi connectivity index (χ0v) is 7.95. The third kappa shape index (κ3) is 1.34. The molecule has 0 saturated heterocycles. The molecule has 0 radical (unpaired) electrons. The van der Waals surface area contributed by atoms with Crippen LogP contribution in [0.1, 0.15) is 0 Å². The van der Waals surface area contributed by atoms with E-state index < -0.39 is 4.92 Å². The van der Waals surface area contributed by atoms with E-state index in [1.807, 2.05) is 0 Å². The quantitative estimate of drug-likeness (QED) is 0.449. The van der Waals surface area contributed by atoms with Crippen molar-refractivity contribution < 1.29 is 4.92 Å². The summed E-state index contributed by atoms with van der Waals surface area (Å²) in [7, 11) is 0. The lowest BCUT2D eigenvalue weighted by Gasteiger charge is -1.89. The van der Waals surface area contributed by atoms with E-state index in [1.165, 1.54) is 23.7 Å². The Kier molecular flexibility index (Phi) is 1.86. The second-order valence-electron chi connectivity index (χ2n) is 2.47. The number of nitro groups is 1. The van der Waals surface area contributed by atoms with Gasteiger partial charge in [-0.05, 0) is 6.07 Å². The van der Waals surface area contributed by atoms with Gasteiger partial charge >= 0.3 is 0 Å². The van der Waals surface area contributed by atoms with E-state index in [0.29, 0.717) is 4.64 Å². The van der Waals surface area contributed by atoms with Gasteiger partial charge in [0.15, 0.2) is 0 Å². The topological polar surface area (TPSA) is 58.9 Å². The minimum atomic E-state index is -0.425. The van der Waals surface area contributed by atoms with E-state index >= 15 is 0 Å². The molecule has 0 fully saturated rings. The molecule has 0 atom stereocenters. The maximum Gasteiger partial charge on any atom is 0.270 e. The summed E-state index contributed by atoms with van der Waals surface area (Å²) < 4.78 is 4.38. The van der Waals surface area contributed by atoms with E-state index in [-0.39, 0.29) is 5.69 Å². The minimum Gasteiger partial charge on any atom is -0.301 e. The number of H-pyrrole nitrogens is 1. The van der Waals surface area contributed by atoms with E-state index in [9.17, 15) is 10.1 Å². The zero-order chi connectivity index (χ0) is 9.42. The Morgan fingerprint density at radius 3 is 3.00 bits per heavy atom. The average molecular weight is 212 g/mol. The maximum absolute atomic E-state index is 10.4. The largest absolute Gasteiger partial charge is 0.301 e. The van der Waals surface area contributed by atoms with Crippen molar-refractivity contribution in [3.63, 3.8) is 0 Å². The number of fused-ring (bicyclic) bond motifs is 1. The fourth-order valence-corrected chi connectivity index (χ4v) is 2.13. The molecule has 0 unspecified atom stereocenters. The van der Waals surface area contributed by atoms with Gasteiger partial charge in [-0.1, -0.05) is 23.8 Å². The smallest absolute Gasteiger partial charge is 0.270 e. The fourth-order valence-electron chi connectivity index (χ4n) is 1.05. The van der Waals surface area contributed by atoms with Gasteiger partial charge in [-0.25, -0.2) is 0 Å². The molecule has 6 heteroatoms. The van der Waals surface area contributed by atoms with Crippen molar-refractivity contribution in [1.29, 1.82) is 0 Å². The van der Waals surface area contributed by atoms with Crippen LogP contribution in [0.2, 0.25) is 0 Å². The Morgan fingerprint density at radius 1 is 1.54 bits per heavy atom. The molecular weight excluding hydrogens is 208 g/mol. The van der Waals surface area contributed by atoms with Crippen molar-refractivity contribution in [2.45, 2.75) is 0 Å². The molecule has 0 aliphatic heterocycles.